The summed E-state index contributed by atoms with van der Waals surface area (Å²) in [6.45, 7) is 5.62. The van der Waals surface area contributed by atoms with Crippen LogP contribution in [0.4, 0.5) is 5.82 Å². The zero-order valence-electron chi connectivity index (χ0n) is 19.5. The van der Waals surface area contributed by atoms with E-state index in [0.29, 0.717) is 29.2 Å². The molecule has 1 unspecified atom stereocenters. The van der Waals surface area contributed by atoms with E-state index in [0.717, 1.165) is 0 Å². The van der Waals surface area contributed by atoms with Gasteiger partial charge in [-0.2, -0.15) is 0 Å². The maximum absolute atomic E-state index is 13.7. The second kappa shape index (κ2) is 10.5. The number of hydrogen-bond donors (Lipinski definition) is 2. The Morgan fingerprint density at radius 2 is 2.03 bits per heavy atom. The highest BCUT2D eigenvalue weighted by Gasteiger charge is 2.32. The van der Waals surface area contributed by atoms with Gasteiger partial charge in [-0.15, -0.1) is 0 Å². The summed E-state index contributed by atoms with van der Waals surface area (Å²) in [6, 6.07) is 3.91. The molecule has 188 valence electrons. The highest BCUT2D eigenvalue weighted by Crippen LogP contribution is 2.46. The van der Waals surface area contributed by atoms with Gasteiger partial charge in [0.15, 0.2) is 23.0 Å². The van der Waals surface area contributed by atoms with Crippen molar-refractivity contribution in [3.8, 4) is 17.2 Å². The average Bonchev–Trinajstić information content (AvgIpc) is 3.43. The molecule has 1 aliphatic heterocycles. The van der Waals surface area contributed by atoms with Crippen LogP contribution in [0.3, 0.4) is 0 Å². The minimum atomic E-state index is -3.72. The van der Waals surface area contributed by atoms with Gasteiger partial charge in [-0.25, -0.2) is 20.0 Å². The summed E-state index contributed by atoms with van der Waals surface area (Å²) in [6.07, 6.45) is 2.29. The van der Waals surface area contributed by atoms with Crippen molar-refractivity contribution in [3.63, 3.8) is 0 Å². The van der Waals surface area contributed by atoms with Crippen molar-refractivity contribution in [2.24, 2.45) is 0 Å². The van der Waals surface area contributed by atoms with Crippen molar-refractivity contribution in [2.75, 3.05) is 25.5 Å². The lowest BCUT2D eigenvalue weighted by Crippen LogP contribution is -2.36. The van der Waals surface area contributed by atoms with Gasteiger partial charge in [-0.1, -0.05) is 0 Å². The molecule has 2 aromatic heterocycles. The maximum atomic E-state index is 13.7. The number of carbonyl (C=O) groups is 1. The van der Waals surface area contributed by atoms with Gasteiger partial charge in [0, 0.05) is 12.6 Å². The van der Waals surface area contributed by atoms with Crippen LogP contribution in [-0.2, 0) is 25.4 Å². The summed E-state index contributed by atoms with van der Waals surface area (Å²) in [4.78, 5) is 24.6. The Hall–Kier alpha value is -3.41. The summed E-state index contributed by atoms with van der Waals surface area (Å²) in [5.74, 6) is 1.02. The summed E-state index contributed by atoms with van der Waals surface area (Å²) >= 11 is 0. The average molecular weight is 506 g/mol. The van der Waals surface area contributed by atoms with E-state index in [1.807, 2.05) is 0 Å². The zero-order valence-corrected chi connectivity index (χ0v) is 20.4. The van der Waals surface area contributed by atoms with Gasteiger partial charge in [0.05, 0.1) is 19.0 Å². The van der Waals surface area contributed by atoms with Crippen LogP contribution < -0.4 is 24.8 Å². The number of nitrogens with zero attached hydrogens (tertiary/aromatic N) is 4. The van der Waals surface area contributed by atoms with Gasteiger partial charge in [0.25, 0.3) is 0 Å². The number of nitrogen functional groups attached to an aromatic ring is 1. The van der Waals surface area contributed by atoms with Crippen molar-refractivity contribution in [1.29, 1.82) is 0 Å². The molecule has 14 heteroatoms. The third-order valence-electron chi connectivity index (χ3n) is 4.86. The number of aromatic nitrogens is 4. The van der Waals surface area contributed by atoms with Crippen LogP contribution in [0.2, 0.25) is 0 Å². The Morgan fingerprint density at radius 3 is 2.83 bits per heavy atom. The number of imidazole rings is 1. The molecular formula is C21H27N6O7P. The van der Waals surface area contributed by atoms with E-state index < -0.39 is 19.5 Å². The number of esters is 1. The van der Waals surface area contributed by atoms with Gasteiger partial charge in [-0.05, 0) is 32.9 Å². The fourth-order valence-electron chi connectivity index (χ4n) is 3.29. The quantitative estimate of drug-likeness (QED) is 0.222. The first-order valence-corrected chi connectivity index (χ1v) is 12.7. The molecule has 1 aliphatic rings. The fourth-order valence-corrected chi connectivity index (χ4v) is 4.99. The fraction of sp³-hybridized carbons (Fsp3) is 0.429. The Labute approximate surface area is 201 Å². The molecule has 0 fully saturated rings. The van der Waals surface area contributed by atoms with Crippen LogP contribution in [0.25, 0.3) is 11.2 Å². The lowest BCUT2D eigenvalue weighted by atomic mass is 10.3. The summed E-state index contributed by atoms with van der Waals surface area (Å²) < 4.78 is 42.8. The van der Waals surface area contributed by atoms with Crippen molar-refractivity contribution in [1.82, 2.24) is 24.6 Å². The van der Waals surface area contributed by atoms with Gasteiger partial charge < -0.3 is 33.8 Å². The molecule has 4 rings (SSSR count). The lowest BCUT2D eigenvalue weighted by molar-refractivity contribution is -0.149. The number of fused-ring (bicyclic) bond motifs is 2. The largest absolute Gasteiger partial charge is 0.462 e. The molecular weight excluding hydrogens is 479 g/mol. The second-order valence-electron chi connectivity index (χ2n) is 8.02. The van der Waals surface area contributed by atoms with E-state index in [2.05, 4.69) is 20.0 Å². The van der Waals surface area contributed by atoms with Gasteiger partial charge in [0.2, 0.25) is 6.79 Å². The van der Waals surface area contributed by atoms with E-state index in [1.54, 1.807) is 49.9 Å². The minimum absolute atomic E-state index is 0.0926. The van der Waals surface area contributed by atoms with Crippen LogP contribution in [-0.4, -0.2) is 57.4 Å². The molecule has 35 heavy (non-hydrogen) atoms. The van der Waals surface area contributed by atoms with Gasteiger partial charge in [0.1, 0.15) is 30.0 Å². The van der Waals surface area contributed by atoms with Crippen molar-refractivity contribution in [2.45, 2.75) is 39.5 Å². The van der Waals surface area contributed by atoms with Crippen LogP contribution in [0.15, 0.2) is 30.9 Å². The predicted octanol–water partition coefficient (Wildman–Crippen LogP) is 2.31. The smallest absolute Gasteiger partial charge is 0.342 e. The summed E-state index contributed by atoms with van der Waals surface area (Å²) in [7, 11) is -3.72. The predicted molar refractivity (Wildman–Crippen MR) is 125 cm³/mol. The first-order valence-electron chi connectivity index (χ1n) is 10.9. The monoisotopic (exact) mass is 506 g/mol. The summed E-state index contributed by atoms with van der Waals surface area (Å²) in [5.41, 5.74) is 6.86. The molecule has 13 nitrogen and oxygen atoms in total. The minimum Gasteiger partial charge on any atom is -0.462 e. The van der Waals surface area contributed by atoms with Crippen LogP contribution in [0.5, 0.6) is 17.2 Å². The standard InChI is InChI=1S/C21H27N6O7P/c1-13(2)33-21(28)14(3)26-35(29,34-15-4-5-16-17(8-15)32-11-31-16)12-30-7-6-27-10-25-18-19(22)23-9-24-20(18)27/h4-5,8-10,13-14H,6-7,11-12H2,1-3H3,(H,26,29)(H2,22,23,24)/t14-,35?/m1/s1. The molecule has 0 amide bonds. The molecule has 3 heterocycles. The number of rotatable bonds is 11. The number of nitrogens with two attached hydrogens (primary N) is 1. The molecule has 0 saturated heterocycles. The summed E-state index contributed by atoms with van der Waals surface area (Å²) in [5, 5.41) is 2.75. The molecule has 0 bridgehead atoms. The number of hydrogen-bond acceptors (Lipinski definition) is 11. The molecule has 3 aromatic rings. The molecule has 1 aromatic carbocycles. The Bertz CT molecular complexity index is 1250. The van der Waals surface area contributed by atoms with E-state index in [9.17, 15) is 9.36 Å². The first-order chi connectivity index (χ1) is 16.7. The third-order valence-corrected chi connectivity index (χ3v) is 6.67. The topological polar surface area (TPSA) is 162 Å². The number of benzene rings is 1. The first kappa shape index (κ1) is 24.7. The van der Waals surface area contributed by atoms with Crippen molar-refractivity contribution < 1.29 is 32.8 Å². The van der Waals surface area contributed by atoms with E-state index in [-0.39, 0.29) is 37.4 Å². The molecule has 0 saturated carbocycles. The number of carbonyl (C=O) groups excluding carboxylic acids is 1. The Balaban J connectivity index is 1.43. The maximum Gasteiger partial charge on any atom is 0.342 e. The zero-order chi connectivity index (χ0) is 25.0. The molecule has 3 N–H and O–H groups in total. The van der Waals surface area contributed by atoms with Gasteiger partial charge >= 0.3 is 13.5 Å². The number of anilines is 1. The Kier molecular flexibility index (Phi) is 7.39. The SMILES string of the molecule is CC(C)OC(=O)[C@@H](C)NP(=O)(COCCn1cnc2c(N)ncnc21)Oc1ccc2c(c1)OCO2. The van der Waals surface area contributed by atoms with E-state index in [1.165, 1.54) is 6.33 Å². The highest BCUT2D eigenvalue weighted by atomic mass is 31.2. The molecule has 0 radical (unpaired) electrons. The normalized spacial score (nSPS) is 15.2. The second-order valence-corrected chi connectivity index (χ2v) is 10.1. The highest BCUT2D eigenvalue weighted by molar-refractivity contribution is 7.57. The molecule has 0 spiro atoms. The van der Waals surface area contributed by atoms with E-state index >= 15 is 0 Å². The van der Waals surface area contributed by atoms with Crippen molar-refractivity contribution in [3.05, 3.63) is 30.9 Å². The van der Waals surface area contributed by atoms with Crippen LogP contribution in [0, 0.1) is 0 Å². The van der Waals surface area contributed by atoms with Crippen molar-refractivity contribution >= 4 is 30.5 Å². The Morgan fingerprint density at radius 1 is 1.23 bits per heavy atom. The van der Waals surface area contributed by atoms with Crippen LogP contribution >= 0.6 is 7.52 Å². The number of ether oxygens (including phenoxy) is 4. The van der Waals surface area contributed by atoms with Crippen LogP contribution in [0.1, 0.15) is 20.8 Å². The third kappa shape index (κ3) is 5.99. The van der Waals surface area contributed by atoms with E-state index in [4.69, 9.17) is 29.2 Å². The van der Waals surface area contributed by atoms with Gasteiger partial charge in [-0.3, -0.25) is 9.36 Å². The number of nitrogens with one attached hydrogen (secondary N) is 1. The molecule has 2 atom stereocenters. The molecule has 0 aliphatic carbocycles. The lowest BCUT2D eigenvalue weighted by Gasteiger charge is -2.24.